The molecule has 2 aromatic carbocycles. The molecule has 2 aromatic rings. The van der Waals surface area contributed by atoms with E-state index in [1.807, 2.05) is 0 Å². The van der Waals surface area contributed by atoms with Gasteiger partial charge in [-0.05, 0) is 49.9 Å². The van der Waals surface area contributed by atoms with Gasteiger partial charge in [0, 0.05) is 43.8 Å². The Kier molecular flexibility index (Phi) is 13.3. The third-order valence-electron chi connectivity index (χ3n) is 5.46. The Labute approximate surface area is 197 Å². The van der Waals surface area contributed by atoms with Gasteiger partial charge in [0.05, 0.1) is 0 Å². The number of para-hydroxylation sites is 2. The lowest BCUT2D eigenvalue weighted by Crippen LogP contribution is -2.47. The Morgan fingerprint density at radius 1 is 0.594 bits per heavy atom. The summed E-state index contributed by atoms with van der Waals surface area (Å²) in [6.45, 7) is 9.65. The van der Waals surface area contributed by atoms with Crippen molar-refractivity contribution >= 4 is 20.2 Å². The molecule has 0 amide bonds. The molecule has 0 N–H and O–H groups in total. The minimum absolute atomic E-state index is 0.724. The molecule has 0 spiro atoms. The Balaban J connectivity index is 2.12. The van der Waals surface area contributed by atoms with Crippen molar-refractivity contribution < 1.29 is 13.3 Å². The zero-order valence-electron chi connectivity index (χ0n) is 20.4. The first-order valence-corrected chi connectivity index (χ1v) is 14.5. The van der Waals surface area contributed by atoms with Crippen molar-refractivity contribution in [3.8, 4) is 0 Å². The zero-order chi connectivity index (χ0) is 22.9. The molecule has 5 heteroatoms. The van der Waals surface area contributed by atoms with E-state index in [2.05, 4.69) is 86.3 Å². The van der Waals surface area contributed by atoms with Crippen molar-refractivity contribution in [3.05, 3.63) is 60.7 Å². The van der Waals surface area contributed by atoms with Crippen LogP contribution >= 0.6 is 0 Å². The van der Waals surface area contributed by atoms with Crippen LogP contribution in [0.5, 0.6) is 0 Å². The first kappa shape index (κ1) is 26.6. The highest BCUT2D eigenvalue weighted by Gasteiger charge is 2.40. The van der Waals surface area contributed by atoms with Crippen LogP contribution in [0.2, 0.25) is 6.04 Å². The molecule has 0 aliphatic heterocycles. The van der Waals surface area contributed by atoms with E-state index in [0.717, 1.165) is 77.4 Å². The monoisotopic (exact) mass is 457 g/mol. The summed E-state index contributed by atoms with van der Waals surface area (Å²) in [7, 11) is -2.70. The van der Waals surface area contributed by atoms with E-state index in [1.54, 1.807) is 0 Å². The molecule has 0 aliphatic carbocycles. The largest absolute Gasteiger partial charge is 0.501 e. The fourth-order valence-corrected chi connectivity index (χ4v) is 6.17. The Morgan fingerprint density at radius 2 is 1.00 bits per heavy atom. The molecular weight excluding hydrogens is 414 g/mol. The first-order chi connectivity index (χ1) is 15.7. The third-order valence-corrected chi connectivity index (χ3v) is 8.36. The summed E-state index contributed by atoms with van der Waals surface area (Å²) in [5.41, 5.74) is 2.41. The summed E-state index contributed by atoms with van der Waals surface area (Å²) in [6, 6.07) is 22.1. The van der Waals surface area contributed by atoms with Crippen molar-refractivity contribution in [2.24, 2.45) is 0 Å². The van der Waals surface area contributed by atoms with Gasteiger partial charge in [-0.15, -0.1) is 0 Å². The maximum absolute atomic E-state index is 6.43. The van der Waals surface area contributed by atoms with Crippen LogP contribution < -0.4 is 4.90 Å². The lowest BCUT2D eigenvalue weighted by molar-refractivity contribution is 0.0560. The summed E-state index contributed by atoms with van der Waals surface area (Å²) >= 11 is 0. The molecule has 0 saturated heterocycles. The maximum Gasteiger partial charge on any atom is 0.501 e. The minimum atomic E-state index is -2.70. The normalized spacial score (nSPS) is 11.6. The Morgan fingerprint density at radius 3 is 1.38 bits per heavy atom. The summed E-state index contributed by atoms with van der Waals surface area (Å²) in [6.07, 6.45) is 7.44. The van der Waals surface area contributed by atoms with Crippen LogP contribution in [0.3, 0.4) is 0 Å². The second kappa shape index (κ2) is 16.0. The molecule has 0 atom stereocenters. The van der Waals surface area contributed by atoms with Crippen LogP contribution in [0.1, 0.15) is 65.7 Å². The number of hydrogen-bond acceptors (Lipinski definition) is 4. The van der Waals surface area contributed by atoms with Crippen molar-refractivity contribution in [2.45, 2.75) is 71.8 Å². The van der Waals surface area contributed by atoms with E-state index in [1.165, 1.54) is 11.4 Å². The molecule has 0 fully saturated rings. The highest BCUT2D eigenvalue weighted by molar-refractivity contribution is 6.60. The molecule has 0 saturated carbocycles. The van der Waals surface area contributed by atoms with Crippen molar-refractivity contribution in [1.29, 1.82) is 0 Å². The quantitative estimate of drug-likeness (QED) is 0.170. The maximum atomic E-state index is 6.43. The van der Waals surface area contributed by atoms with Crippen LogP contribution in [0.4, 0.5) is 11.4 Å². The SMILES string of the molecule is CCCCO[Si](CCCN(c1ccccc1)c1ccccc1)(OCCCC)OCCCC. The second-order valence-electron chi connectivity index (χ2n) is 8.22. The van der Waals surface area contributed by atoms with Crippen LogP contribution in [0.15, 0.2) is 60.7 Å². The van der Waals surface area contributed by atoms with E-state index in [-0.39, 0.29) is 0 Å². The molecule has 4 nitrogen and oxygen atoms in total. The lowest BCUT2D eigenvalue weighted by Gasteiger charge is -2.31. The summed E-state index contributed by atoms with van der Waals surface area (Å²) in [4.78, 5) is 2.38. The van der Waals surface area contributed by atoms with Crippen LogP contribution in [0.25, 0.3) is 0 Å². The van der Waals surface area contributed by atoms with Gasteiger partial charge in [-0.25, -0.2) is 0 Å². The van der Waals surface area contributed by atoms with Gasteiger partial charge in [-0.3, -0.25) is 0 Å². The van der Waals surface area contributed by atoms with E-state index >= 15 is 0 Å². The van der Waals surface area contributed by atoms with Gasteiger partial charge in [0.25, 0.3) is 0 Å². The van der Waals surface area contributed by atoms with Gasteiger partial charge in [0.1, 0.15) is 0 Å². The van der Waals surface area contributed by atoms with Gasteiger partial charge in [0.2, 0.25) is 0 Å². The highest BCUT2D eigenvalue weighted by Crippen LogP contribution is 2.27. The molecule has 0 radical (unpaired) electrons. The molecule has 178 valence electrons. The molecule has 2 rings (SSSR count). The first-order valence-electron chi connectivity index (χ1n) is 12.5. The number of hydrogen-bond donors (Lipinski definition) is 0. The van der Waals surface area contributed by atoms with Gasteiger partial charge < -0.3 is 18.2 Å². The summed E-state index contributed by atoms with van der Waals surface area (Å²) < 4.78 is 19.3. The second-order valence-corrected chi connectivity index (χ2v) is 10.9. The Hall–Kier alpha value is -1.66. The van der Waals surface area contributed by atoms with Crippen LogP contribution in [0, 0.1) is 0 Å². The standard InChI is InChI=1S/C27H43NO3Si/c1-4-7-22-29-32(30-23-8-5-2,31-24-9-6-3)25-16-21-28(26-17-12-10-13-18-26)27-19-14-11-15-20-27/h10-15,17-20H,4-9,16,21-25H2,1-3H3. The zero-order valence-corrected chi connectivity index (χ0v) is 21.4. The average molecular weight is 458 g/mol. The van der Waals surface area contributed by atoms with Gasteiger partial charge in [-0.2, -0.15) is 0 Å². The van der Waals surface area contributed by atoms with Gasteiger partial charge >= 0.3 is 8.80 Å². The van der Waals surface area contributed by atoms with E-state index in [4.69, 9.17) is 13.3 Å². The lowest BCUT2D eigenvalue weighted by atomic mass is 10.2. The fourth-order valence-electron chi connectivity index (χ4n) is 3.53. The molecule has 0 heterocycles. The minimum Gasteiger partial charge on any atom is -0.373 e. The number of anilines is 2. The predicted molar refractivity (Wildman–Crippen MR) is 138 cm³/mol. The number of rotatable bonds is 18. The number of benzene rings is 2. The summed E-state index contributed by atoms with van der Waals surface area (Å²) in [5, 5.41) is 0. The molecule has 0 aliphatic rings. The topological polar surface area (TPSA) is 30.9 Å². The molecular formula is C27H43NO3Si. The average Bonchev–Trinajstić information content (AvgIpc) is 2.83. The van der Waals surface area contributed by atoms with Crippen LogP contribution in [-0.4, -0.2) is 35.2 Å². The van der Waals surface area contributed by atoms with Crippen molar-refractivity contribution in [1.82, 2.24) is 0 Å². The molecule has 0 unspecified atom stereocenters. The number of unbranched alkanes of at least 4 members (excludes halogenated alkanes) is 3. The third kappa shape index (κ3) is 9.45. The van der Waals surface area contributed by atoms with Crippen LogP contribution in [-0.2, 0) is 13.3 Å². The number of nitrogens with zero attached hydrogens (tertiary/aromatic N) is 1. The molecule has 32 heavy (non-hydrogen) atoms. The van der Waals surface area contributed by atoms with E-state index in [9.17, 15) is 0 Å². The van der Waals surface area contributed by atoms with E-state index < -0.39 is 8.80 Å². The highest BCUT2D eigenvalue weighted by atomic mass is 28.4. The fraction of sp³-hybridized carbons (Fsp3) is 0.556. The van der Waals surface area contributed by atoms with E-state index in [0.29, 0.717) is 0 Å². The predicted octanol–water partition coefficient (Wildman–Crippen LogP) is 7.60. The van der Waals surface area contributed by atoms with Gasteiger partial charge in [0.15, 0.2) is 0 Å². The smallest absolute Gasteiger partial charge is 0.373 e. The molecule has 0 bridgehead atoms. The summed E-state index contributed by atoms with van der Waals surface area (Å²) in [5.74, 6) is 0. The molecule has 0 aromatic heterocycles. The van der Waals surface area contributed by atoms with Crippen molar-refractivity contribution in [3.63, 3.8) is 0 Å². The van der Waals surface area contributed by atoms with Gasteiger partial charge in [-0.1, -0.05) is 76.4 Å². The van der Waals surface area contributed by atoms with Crippen molar-refractivity contribution in [2.75, 3.05) is 31.3 Å². The Bertz CT molecular complexity index is 633.